The zero-order valence-corrected chi connectivity index (χ0v) is 20.2. The normalized spacial score (nSPS) is 16.3. The minimum absolute atomic E-state index is 0.180. The molecule has 1 atom stereocenters. The van der Waals surface area contributed by atoms with E-state index in [2.05, 4.69) is 10.6 Å². The molecule has 0 radical (unpaired) electrons. The van der Waals surface area contributed by atoms with E-state index < -0.39 is 39.5 Å². The van der Waals surface area contributed by atoms with Crippen LogP contribution in [0.2, 0.25) is 0 Å². The zero-order chi connectivity index (χ0) is 25.0. The Morgan fingerprint density at radius 1 is 1.03 bits per heavy atom. The van der Waals surface area contributed by atoms with Gasteiger partial charge in [-0.25, -0.2) is 17.2 Å². The number of carbonyl (C=O) groups is 2. The minimum atomic E-state index is -3.64. The van der Waals surface area contributed by atoms with Gasteiger partial charge in [-0.3, -0.25) is 9.59 Å². The molecule has 1 aliphatic rings. The minimum Gasteiger partial charge on any atom is -0.344 e. The number of halogens is 2. The maximum absolute atomic E-state index is 13.9. The average Bonchev–Trinajstić information content (AvgIpc) is 2.79. The van der Waals surface area contributed by atoms with Gasteiger partial charge in [0.1, 0.15) is 17.7 Å². The first-order chi connectivity index (χ1) is 16.0. The van der Waals surface area contributed by atoms with Crippen molar-refractivity contribution >= 4 is 27.5 Å². The molecule has 1 saturated heterocycles. The van der Waals surface area contributed by atoms with Crippen molar-refractivity contribution in [2.24, 2.45) is 11.8 Å². The van der Waals surface area contributed by atoms with Gasteiger partial charge in [-0.15, -0.1) is 0 Å². The van der Waals surface area contributed by atoms with Crippen LogP contribution in [-0.4, -0.2) is 43.7 Å². The van der Waals surface area contributed by atoms with Gasteiger partial charge in [0, 0.05) is 25.1 Å². The summed E-state index contributed by atoms with van der Waals surface area (Å²) in [5, 5.41) is 5.11. The number of aryl methyl sites for hydroxylation is 1. The number of carbonyl (C=O) groups excluding carboxylic acids is 2. The van der Waals surface area contributed by atoms with Gasteiger partial charge < -0.3 is 10.6 Å². The predicted molar refractivity (Wildman–Crippen MR) is 124 cm³/mol. The van der Waals surface area contributed by atoms with Crippen molar-refractivity contribution in [2.45, 2.75) is 44.6 Å². The Labute approximate surface area is 198 Å². The first-order valence-electron chi connectivity index (χ1n) is 11.1. The van der Waals surface area contributed by atoms with E-state index in [-0.39, 0.29) is 35.5 Å². The highest BCUT2D eigenvalue weighted by Crippen LogP contribution is 2.25. The number of hydrogen-bond donors (Lipinski definition) is 2. The second-order valence-electron chi connectivity index (χ2n) is 8.84. The number of hydrogen-bond acceptors (Lipinski definition) is 4. The molecule has 2 amide bonds. The summed E-state index contributed by atoms with van der Waals surface area (Å²) in [5.41, 5.74) is 0.779. The van der Waals surface area contributed by atoms with Gasteiger partial charge in [0.05, 0.1) is 10.6 Å². The molecule has 2 aromatic carbocycles. The lowest BCUT2D eigenvalue weighted by Crippen LogP contribution is -2.51. The van der Waals surface area contributed by atoms with Gasteiger partial charge in [-0.05, 0) is 49.9 Å². The Morgan fingerprint density at radius 3 is 2.21 bits per heavy atom. The maximum atomic E-state index is 13.9. The molecular weight excluding hydrogens is 464 g/mol. The highest BCUT2D eigenvalue weighted by molar-refractivity contribution is 7.89. The molecule has 7 nitrogen and oxygen atoms in total. The standard InChI is InChI=1S/C24H29F2N3O4S/c1-15(2)22(24(31)27-21-9-6-18(25)14-20(21)26)28-23(30)17-10-12-29(13-11-17)34(32,33)19-7-4-16(3)5-8-19/h4-9,14-15,17,22H,10-13H2,1-3H3,(H,27,31)(H,28,30)/t22-/m0/s1. The van der Waals surface area contributed by atoms with Crippen LogP contribution in [0.4, 0.5) is 14.5 Å². The van der Waals surface area contributed by atoms with E-state index in [1.165, 1.54) is 4.31 Å². The Hall–Kier alpha value is -2.85. The number of benzene rings is 2. The summed E-state index contributed by atoms with van der Waals surface area (Å²) in [6.07, 6.45) is 0.631. The first kappa shape index (κ1) is 25.8. The molecule has 0 aliphatic carbocycles. The largest absolute Gasteiger partial charge is 0.344 e. The second kappa shape index (κ2) is 10.6. The van der Waals surface area contributed by atoms with Gasteiger partial charge in [0.25, 0.3) is 0 Å². The Bertz CT molecular complexity index is 1150. The Balaban J connectivity index is 1.61. The van der Waals surface area contributed by atoms with E-state index >= 15 is 0 Å². The summed E-state index contributed by atoms with van der Waals surface area (Å²) >= 11 is 0. The van der Waals surface area contributed by atoms with Crippen LogP contribution in [0, 0.1) is 30.4 Å². The molecule has 0 saturated carbocycles. The molecule has 2 aromatic rings. The van der Waals surface area contributed by atoms with Crippen LogP contribution in [-0.2, 0) is 19.6 Å². The van der Waals surface area contributed by atoms with Crippen LogP contribution in [0.25, 0.3) is 0 Å². The van der Waals surface area contributed by atoms with E-state index in [1.54, 1.807) is 38.1 Å². The average molecular weight is 494 g/mol. The zero-order valence-electron chi connectivity index (χ0n) is 19.3. The van der Waals surface area contributed by atoms with E-state index in [0.717, 1.165) is 17.7 Å². The van der Waals surface area contributed by atoms with Crippen LogP contribution >= 0.6 is 0 Å². The third-order valence-corrected chi connectivity index (χ3v) is 7.83. The highest BCUT2D eigenvalue weighted by Gasteiger charge is 2.34. The van der Waals surface area contributed by atoms with Crippen LogP contribution < -0.4 is 10.6 Å². The molecule has 184 valence electrons. The topological polar surface area (TPSA) is 95.6 Å². The third kappa shape index (κ3) is 5.98. The molecular formula is C24H29F2N3O4S. The summed E-state index contributed by atoms with van der Waals surface area (Å²) in [5.74, 6) is -3.41. The number of piperidine rings is 1. The van der Waals surface area contributed by atoms with Crippen molar-refractivity contribution in [1.82, 2.24) is 9.62 Å². The predicted octanol–water partition coefficient (Wildman–Crippen LogP) is 3.45. The summed E-state index contributed by atoms with van der Waals surface area (Å²) in [6.45, 7) is 5.73. The quantitative estimate of drug-likeness (QED) is 0.618. The smallest absolute Gasteiger partial charge is 0.247 e. The lowest BCUT2D eigenvalue weighted by Gasteiger charge is -2.32. The molecule has 0 spiro atoms. The summed E-state index contributed by atoms with van der Waals surface area (Å²) in [6, 6.07) is 8.48. The van der Waals surface area contributed by atoms with E-state index in [4.69, 9.17) is 0 Å². The Morgan fingerprint density at radius 2 is 1.65 bits per heavy atom. The van der Waals surface area contributed by atoms with Crippen molar-refractivity contribution in [1.29, 1.82) is 0 Å². The van der Waals surface area contributed by atoms with E-state index in [0.29, 0.717) is 18.9 Å². The molecule has 1 aliphatic heterocycles. The fourth-order valence-corrected chi connectivity index (χ4v) is 5.29. The van der Waals surface area contributed by atoms with Crippen molar-refractivity contribution in [3.05, 3.63) is 59.7 Å². The fourth-order valence-electron chi connectivity index (χ4n) is 3.83. The summed E-state index contributed by atoms with van der Waals surface area (Å²) < 4.78 is 54.1. The molecule has 1 fully saturated rings. The fraction of sp³-hybridized carbons (Fsp3) is 0.417. The molecule has 34 heavy (non-hydrogen) atoms. The molecule has 1 heterocycles. The third-order valence-electron chi connectivity index (χ3n) is 5.92. The molecule has 10 heteroatoms. The van der Waals surface area contributed by atoms with E-state index in [9.17, 15) is 26.8 Å². The number of rotatable bonds is 7. The van der Waals surface area contributed by atoms with Crippen LogP contribution in [0.1, 0.15) is 32.3 Å². The number of nitrogens with zero attached hydrogens (tertiary/aromatic N) is 1. The lowest BCUT2D eigenvalue weighted by molar-refractivity contribution is -0.130. The van der Waals surface area contributed by atoms with Crippen molar-refractivity contribution in [3.8, 4) is 0 Å². The van der Waals surface area contributed by atoms with Crippen LogP contribution in [0.15, 0.2) is 47.4 Å². The molecule has 0 bridgehead atoms. The Kier molecular flexibility index (Phi) is 8.04. The maximum Gasteiger partial charge on any atom is 0.247 e. The van der Waals surface area contributed by atoms with Crippen LogP contribution in [0.5, 0.6) is 0 Å². The van der Waals surface area contributed by atoms with E-state index in [1.807, 2.05) is 6.92 Å². The van der Waals surface area contributed by atoms with Gasteiger partial charge in [0.2, 0.25) is 21.8 Å². The van der Waals surface area contributed by atoms with Gasteiger partial charge in [-0.2, -0.15) is 4.31 Å². The lowest BCUT2D eigenvalue weighted by atomic mass is 9.95. The van der Waals surface area contributed by atoms with Crippen molar-refractivity contribution in [3.63, 3.8) is 0 Å². The summed E-state index contributed by atoms with van der Waals surface area (Å²) in [7, 11) is -3.64. The monoisotopic (exact) mass is 493 g/mol. The van der Waals surface area contributed by atoms with Gasteiger partial charge in [0.15, 0.2) is 0 Å². The van der Waals surface area contributed by atoms with Crippen molar-refractivity contribution in [2.75, 3.05) is 18.4 Å². The second-order valence-corrected chi connectivity index (χ2v) is 10.8. The van der Waals surface area contributed by atoms with Gasteiger partial charge in [-0.1, -0.05) is 31.5 Å². The first-order valence-corrected chi connectivity index (χ1v) is 12.6. The molecule has 0 unspecified atom stereocenters. The number of sulfonamides is 1. The number of anilines is 1. The summed E-state index contributed by atoms with van der Waals surface area (Å²) in [4.78, 5) is 25.8. The van der Waals surface area contributed by atoms with Crippen molar-refractivity contribution < 1.29 is 26.8 Å². The molecule has 0 aromatic heterocycles. The van der Waals surface area contributed by atoms with Crippen LogP contribution in [0.3, 0.4) is 0 Å². The molecule has 3 rings (SSSR count). The SMILES string of the molecule is Cc1ccc(S(=O)(=O)N2CCC(C(=O)N[C@H](C(=O)Nc3ccc(F)cc3F)C(C)C)CC2)cc1. The number of nitrogens with one attached hydrogen (secondary N) is 2. The molecule has 2 N–H and O–H groups in total. The number of amides is 2. The highest BCUT2D eigenvalue weighted by atomic mass is 32.2. The van der Waals surface area contributed by atoms with Gasteiger partial charge >= 0.3 is 0 Å².